The number of halogens is 2. The molecule has 0 radical (unpaired) electrons. The molecule has 3 aromatic carbocycles. The number of aryl methyl sites for hydroxylation is 1. The Balaban J connectivity index is 1.38. The van der Waals surface area contributed by atoms with Gasteiger partial charge in [-0.2, -0.15) is 0 Å². The number of hydrogen-bond acceptors (Lipinski definition) is 3. The second-order valence-electron chi connectivity index (χ2n) is 7.68. The van der Waals surface area contributed by atoms with Gasteiger partial charge in [0, 0.05) is 16.0 Å². The van der Waals surface area contributed by atoms with Crippen molar-refractivity contribution < 1.29 is 19.4 Å². The summed E-state index contributed by atoms with van der Waals surface area (Å²) in [5.74, 6) is -1.23. The summed E-state index contributed by atoms with van der Waals surface area (Å²) in [5.41, 5.74) is 5.23. The van der Waals surface area contributed by atoms with Gasteiger partial charge in [0.2, 0.25) is 0 Å². The smallest absolute Gasteiger partial charge is 0.407 e. The predicted molar refractivity (Wildman–Crippen MR) is 124 cm³/mol. The number of carboxylic acids is 1. The Hall–Kier alpha value is -3.02. The lowest BCUT2D eigenvalue weighted by Gasteiger charge is -2.17. The topological polar surface area (TPSA) is 75.6 Å². The van der Waals surface area contributed by atoms with Crippen LogP contribution in [0.2, 0.25) is 10.0 Å². The molecule has 2 N–H and O–H groups in total. The van der Waals surface area contributed by atoms with Crippen LogP contribution in [0, 0.1) is 0 Å². The summed E-state index contributed by atoms with van der Waals surface area (Å²) in [4.78, 5) is 24.1. The van der Waals surface area contributed by atoms with Crippen LogP contribution in [0.4, 0.5) is 4.79 Å². The summed E-state index contributed by atoms with van der Waals surface area (Å²) in [6.45, 7) is 0.121. The van der Waals surface area contributed by atoms with Crippen molar-refractivity contribution >= 4 is 35.3 Å². The van der Waals surface area contributed by atoms with Gasteiger partial charge < -0.3 is 15.2 Å². The number of fused-ring (bicyclic) bond motifs is 3. The van der Waals surface area contributed by atoms with E-state index in [4.69, 9.17) is 27.9 Å². The van der Waals surface area contributed by atoms with Crippen molar-refractivity contribution in [3.8, 4) is 11.1 Å². The van der Waals surface area contributed by atoms with E-state index in [1.165, 1.54) is 0 Å². The fourth-order valence-electron chi connectivity index (χ4n) is 4.11. The molecule has 1 aliphatic rings. The highest BCUT2D eigenvalue weighted by Crippen LogP contribution is 2.44. The van der Waals surface area contributed by atoms with Crippen molar-refractivity contribution in [1.29, 1.82) is 0 Å². The summed E-state index contributed by atoms with van der Waals surface area (Å²) >= 11 is 12.0. The maximum atomic E-state index is 12.4. The van der Waals surface area contributed by atoms with E-state index in [1.54, 1.807) is 18.2 Å². The Morgan fingerprint density at radius 1 is 0.938 bits per heavy atom. The number of nitrogens with one attached hydrogen (secondary N) is 1. The maximum Gasteiger partial charge on any atom is 0.407 e. The van der Waals surface area contributed by atoms with Gasteiger partial charge in [0.25, 0.3) is 0 Å². The Morgan fingerprint density at radius 2 is 1.50 bits per heavy atom. The van der Waals surface area contributed by atoms with E-state index < -0.39 is 18.1 Å². The summed E-state index contributed by atoms with van der Waals surface area (Å²) in [6, 6.07) is 20.0. The second-order valence-corrected chi connectivity index (χ2v) is 8.55. The van der Waals surface area contributed by atoms with Gasteiger partial charge >= 0.3 is 12.1 Å². The minimum Gasteiger partial charge on any atom is -0.480 e. The minimum absolute atomic E-state index is 0.0926. The molecule has 1 amide bonds. The van der Waals surface area contributed by atoms with Gasteiger partial charge in [-0.15, -0.1) is 0 Å². The van der Waals surface area contributed by atoms with Crippen LogP contribution in [-0.2, 0) is 16.0 Å². The van der Waals surface area contributed by atoms with Gasteiger partial charge in [0.05, 0.1) is 0 Å². The van der Waals surface area contributed by atoms with Gasteiger partial charge in [0.15, 0.2) is 0 Å². The number of hydrogen-bond donors (Lipinski definition) is 2. The van der Waals surface area contributed by atoms with Crippen LogP contribution < -0.4 is 5.32 Å². The molecule has 0 bridgehead atoms. The molecule has 4 rings (SSSR count). The molecule has 0 aromatic heterocycles. The highest BCUT2D eigenvalue weighted by Gasteiger charge is 2.29. The molecule has 0 unspecified atom stereocenters. The highest BCUT2D eigenvalue weighted by molar-refractivity contribution is 6.34. The van der Waals surface area contributed by atoms with Crippen LogP contribution in [-0.4, -0.2) is 29.8 Å². The number of alkyl carbamates (subject to hydrolysis) is 1. The first-order chi connectivity index (χ1) is 15.4. The van der Waals surface area contributed by atoms with E-state index in [-0.39, 0.29) is 18.9 Å². The second kappa shape index (κ2) is 9.63. The summed E-state index contributed by atoms with van der Waals surface area (Å²) in [5, 5.41) is 12.9. The first-order valence-corrected chi connectivity index (χ1v) is 11.0. The molecule has 0 saturated heterocycles. The average molecular weight is 470 g/mol. The van der Waals surface area contributed by atoms with Gasteiger partial charge in [-0.25, -0.2) is 9.59 Å². The molecule has 5 nitrogen and oxygen atoms in total. The van der Waals surface area contributed by atoms with Crippen molar-refractivity contribution in [2.75, 3.05) is 6.61 Å². The summed E-state index contributed by atoms with van der Waals surface area (Å²) in [6.07, 6.45) is -0.194. The molecule has 0 saturated carbocycles. The first-order valence-electron chi connectivity index (χ1n) is 10.2. The molecule has 0 heterocycles. The largest absolute Gasteiger partial charge is 0.480 e. The monoisotopic (exact) mass is 469 g/mol. The van der Waals surface area contributed by atoms with Crippen LogP contribution in [0.3, 0.4) is 0 Å². The summed E-state index contributed by atoms with van der Waals surface area (Å²) < 4.78 is 5.45. The van der Waals surface area contributed by atoms with Gasteiger partial charge in [-0.1, -0.05) is 71.7 Å². The van der Waals surface area contributed by atoms with Crippen LogP contribution in [0.15, 0.2) is 66.7 Å². The Bertz CT molecular complexity index is 1100. The zero-order valence-corrected chi connectivity index (χ0v) is 18.6. The molecule has 0 aliphatic heterocycles. The molecule has 3 aromatic rings. The lowest BCUT2D eigenvalue weighted by Crippen LogP contribution is -2.41. The third kappa shape index (κ3) is 4.90. The number of carbonyl (C=O) groups excluding carboxylic acids is 1. The van der Waals surface area contributed by atoms with Crippen LogP contribution in [0.25, 0.3) is 11.1 Å². The van der Waals surface area contributed by atoms with E-state index in [9.17, 15) is 14.7 Å². The molecule has 32 heavy (non-hydrogen) atoms. The van der Waals surface area contributed by atoms with E-state index in [0.29, 0.717) is 16.5 Å². The third-order valence-electron chi connectivity index (χ3n) is 5.58. The molecule has 0 spiro atoms. The number of carbonyl (C=O) groups is 2. The maximum absolute atomic E-state index is 12.4. The number of benzene rings is 3. The predicted octanol–water partition coefficient (Wildman–Crippen LogP) is 5.92. The lowest BCUT2D eigenvalue weighted by atomic mass is 9.98. The van der Waals surface area contributed by atoms with E-state index >= 15 is 0 Å². The Morgan fingerprint density at radius 3 is 2.06 bits per heavy atom. The number of ether oxygens (including phenoxy) is 1. The Labute approximate surface area is 195 Å². The molecule has 1 aliphatic carbocycles. The number of aliphatic carboxylic acids is 1. The molecular weight excluding hydrogens is 449 g/mol. The van der Waals surface area contributed by atoms with Crippen LogP contribution in [0.1, 0.15) is 29.0 Å². The van der Waals surface area contributed by atoms with Crippen LogP contribution in [0.5, 0.6) is 0 Å². The van der Waals surface area contributed by atoms with Gasteiger partial charge in [-0.3, -0.25) is 0 Å². The Kier molecular flexibility index (Phi) is 6.68. The lowest BCUT2D eigenvalue weighted by molar-refractivity contribution is -0.139. The minimum atomic E-state index is -1.13. The van der Waals surface area contributed by atoms with Gasteiger partial charge in [-0.05, 0) is 58.9 Å². The first kappa shape index (κ1) is 22.2. The van der Waals surface area contributed by atoms with Crippen LogP contribution >= 0.6 is 23.2 Å². The molecule has 7 heteroatoms. The molecule has 164 valence electrons. The molecule has 0 fully saturated rings. The SMILES string of the molecule is O=C(N[C@@H](CCc1cc(Cl)cc(Cl)c1)C(=O)O)OCC1c2ccccc2-c2ccccc21. The van der Waals surface area contributed by atoms with E-state index in [0.717, 1.165) is 27.8 Å². The quantitative estimate of drug-likeness (QED) is 0.450. The molecular formula is C25H21Cl2NO4. The van der Waals surface area contributed by atoms with Crippen molar-refractivity contribution in [2.24, 2.45) is 0 Å². The third-order valence-corrected chi connectivity index (χ3v) is 6.01. The number of carboxylic acid groups (broad SMARTS) is 1. The van der Waals surface area contributed by atoms with Crippen molar-refractivity contribution in [3.05, 3.63) is 93.5 Å². The summed E-state index contributed by atoms with van der Waals surface area (Å²) in [7, 11) is 0. The zero-order valence-electron chi connectivity index (χ0n) is 17.1. The standard InChI is InChI=1S/C25H21Cl2NO4/c26-16-11-15(12-17(27)13-16)9-10-23(24(29)30)28-25(31)32-14-22-20-7-3-1-5-18(20)19-6-2-4-8-21(19)22/h1-8,11-13,22-23H,9-10,14H2,(H,28,31)(H,29,30)/t23-/m0/s1. The van der Waals surface area contributed by atoms with Crippen molar-refractivity contribution in [1.82, 2.24) is 5.32 Å². The van der Waals surface area contributed by atoms with Crippen molar-refractivity contribution in [2.45, 2.75) is 24.8 Å². The number of rotatable bonds is 7. The zero-order chi connectivity index (χ0) is 22.7. The average Bonchev–Trinajstić information content (AvgIpc) is 3.08. The fourth-order valence-corrected chi connectivity index (χ4v) is 4.68. The number of amides is 1. The normalized spacial score (nSPS) is 13.2. The van der Waals surface area contributed by atoms with E-state index in [1.807, 2.05) is 36.4 Å². The van der Waals surface area contributed by atoms with E-state index in [2.05, 4.69) is 17.4 Å². The fraction of sp³-hybridized carbons (Fsp3) is 0.200. The van der Waals surface area contributed by atoms with Gasteiger partial charge in [0.1, 0.15) is 12.6 Å². The highest BCUT2D eigenvalue weighted by atomic mass is 35.5. The molecule has 1 atom stereocenters. The van der Waals surface area contributed by atoms with Crippen molar-refractivity contribution in [3.63, 3.8) is 0 Å².